The third-order valence-electron chi connectivity index (χ3n) is 6.39. The van der Waals surface area contributed by atoms with Gasteiger partial charge in [-0.25, -0.2) is 9.97 Å². The lowest BCUT2D eigenvalue weighted by atomic mass is 9.77. The average molecular weight is 419 g/mol. The van der Waals surface area contributed by atoms with Crippen molar-refractivity contribution in [2.24, 2.45) is 5.92 Å². The topological polar surface area (TPSA) is 35.0 Å². The van der Waals surface area contributed by atoms with Crippen LogP contribution in [0.3, 0.4) is 0 Å². The first-order valence-corrected chi connectivity index (χ1v) is 12.3. The SMILES string of the molecule is CCCCCCCOc1cnc(C#Cc2ccc(C3CCC(CCC)CC3)cc2)nc1. The van der Waals surface area contributed by atoms with Gasteiger partial charge < -0.3 is 4.74 Å². The summed E-state index contributed by atoms with van der Waals surface area (Å²) in [5.74, 6) is 9.19. The second-order valence-corrected chi connectivity index (χ2v) is 8.88. The lowest BCUT2D eigenvalue weighted by Crippen LogP contribution is -2.13. The van der Waals surface area contributed by atoms with Crippen LogP contribution in [0.1, 0.15) is 107 Å². The van der Waals surface area contributed by atoms with Gasteiger partial charge in [0.2, 0.25) is 5.82 Å². The number of aromatic nitrogens is 2. The van der Waals surface area contributed by atoms with Crippen LogP contribution < -0.4 is 4.74 Å². The van der Waals surface area contributed by atoms with Crippen LogP contribution in [0.5, 0.6) is 5.75 Å². The Bertz CT molecular complexity index is 809. The molecule has 0 N–H and O–H groups in total. The van der Waals surface area contributed by atoms with Gasteiger partial charge in [-0.1, -0.05) is 70.4 Å². The highest BCUT2D eigenvalue weighted by atomic mass is 16.5. The molecule has 1 fully saturated rings. The maximum atomic E-state index is 5.72. The van der Waals surface area contributed by atoms with Gasteiger partial charge in [0, 0.05) is 5.56 Å². The van der Waals surface area contributed by atoms with Gasteiger partial charge in [-0.15, -0.1) is 0 Å². The van der Waals surface area contributed by atoms with E-state index in [4.69, 9.17) is 4.74 Å². The van der Waals surface area contributed by atoms with Crippen molar-refractivity contribution < 1.29 is 4.74 Å². The van der Waals surface area contributed by atoms with Gasteiger partial charge in [-0.2, -0.15) is 0 Å². The summed E-state index contributed by atoms with van der Waals surface area (Å²) < 4.78 is 5.72. The highest BCUT2D eigenvalue weighted by Gasteiger charge is 2.21. The molecule has 1 aliphatic carbocycles. The Morgan fingerprint density at radius 2 is 1.55 bits per heavy atom. The van der Waals surface area contributed by atoms with Gasteiger partial charge in [-0.3, -0.25) is 0 Å². The molecule has 31 heavy (non-hydrogen) atoms. The van der Waals surface area contributed by atoms with E-state index >= 15 is 0 Å². The molecule has 3 nitrogen and oxygen atoms in total. The Labute approximate surface area is 189 Å². The van der Waals surface area contributed by atoms with E-state index in [0.717, 1.165) is 36.2 Å². The summed E-state index contributed by atoms with van der Waals surface area (Å²) in [5, 5.41) is 0. The smallest absolute Gasteiger partial charge is 0.205 e. The van der Waals surface area contributed by atoms with E-state index in [1.165, 1.54) is 69.8 Å². The molecular weight excluding hydrogens is 380 g/mol. The molecular formula is C28H38N2O. The van der Waals surface area contributed by atoms with Gasteiger partial charge in [0.25, 0.3) is 0 Å². The van der Waals surface area contributed by atoms with Gasteiger partial charge in [0.05, 0.1) is 19.0 Å². The van der Waals surface area contributed by atoms with Gasteiger partial charge in [0.1, 0.15) is 0 Å². The van der Waals surface area contributed by atoms with Crippen LogP contribution in [0, 0.1) is 17.8 Å². The number of ether oxygens (including phenoxy) is 1. The molecule has 0 bridgehead atoms. The Hall–Kier alpha value is -2.34. The summed E-state index contributed by atoms with van der Waals surface area (Å²) in [6, 6.07) is 8.78. The summed E-state index contributed by atoms with van der Waals surface area (Å²) in [5.41, 5.74) is 2.48. The van der Waals surface area contributed by atoms with Crippen LogP contribution in [0.4, 0.5) is 0 Å². The first-order valence-electron chi connectivity index (χ1n) is 12.3. The molecule has 0 amide bonds. The quantitative estimate of drug-likeness (QED) is 0.300. The second kappa shape index (κ2) is 13.2. The molecule has 1 saturated carbocycles. The normalized spacial score (nSPS) is 18.3. The summed E-state index contributed by atoms with van der Waals surface area (Å²) in [4.78, 5) is 8.65. The third kappa shape index (κ3) is 8.02. The van der Waals surface area contributed by atoms with Crippen molar-refractivity contribution in [1.82, 2.24) is 9.97 Å². The Morgan fingerprint density at radius 1 is 0.839 bits per heavy atom. The summed E-state index contributed by atoms with van der Waals surface area (Å²) >= 11 is 0. The Morgan fingerprint density at radius 3 is 2.23 bits per heavy atom. The number of hydrogen-bond acceptors (Lipinski definition) is 3. The monoisotopic (exact) mass is 418 g/mol. The fourth-order valence-electron chi connectivity index (χ4n) is 4.51. The average Bonchev–Trinajstić information content (AvgIpc) is 2.82. The molecule has 2 aromatic rings. The van der Waals surface area contributed by atoms with Gasteiger partial charge in [0.15, 0.2) is 5.75 Å². The fourth-order valence-corrected chi connectivity index (χ4v) is 4.51. The Kier molecular flexibility index (Phi) is 9.90. The second-order valence-electron chi connectivity index (χ2n) is 8.88. The highest BCUT2D eigenvalue weighted by molar-refractivity contribution is 5.40. The lowest BCUT2D eigenvalue weighted by molar-refractivity contribution is 0.302. The predicted octanol–water partition coefficient (Wildman–Crippen LogP) is 7.30. The number of nitrogens with zero attached hydrogens (tertiary/aromatic N) is 2. The number of benzene rings is 1. The zero-order valence-corrected chi connectivity index (χ0v) is 19.4. The van der Waals surface area contributed by atoms with Crippen molar-refractivity contribution >= 4 is 0 Å². The zero-order valence-electron chi connectivity index (χ0n) is 19.4. The predicted molar refractivity (Wildman–Crippen MR) is 128 cm³/mol. The molecule has 0 spiro atoms. The first-order chi connectivity index (χ1) is 15.3. The minimum absolute atomic E-state index is 0.536. The van der Waals surface area contributed by atoms with Crippen LogP contribution in [-0.2, 0) is 0 Å². The van der Waals surface area contributed by atoms with Crippen LogP contribution in [0.2, 0.25) is 0 Å². The molecule has 0 aliphatic heterocycles. The van der Waals surface area contributed by atoms with Crippen LogP contribution in [0.15, 0.2) is 36.7 Å². The van der Waals surface area contributed by atoms with E-state index in [1.54, 1.807) is 12.4 Å². The molecule has 3 rings (SSSR count). The van der Waals surface area contributed by atoms with Crippen molar-refractivity contribution in [3.63, 3.8) is 0 Å². The lowest BCUT2D eigenvalue weighted by Gasteiger charge is -2.28. The summed E-state index contributed by atoms with van der Waals surface area (Å²) in [7, 11) is 0. The molecule has 0 atom stereocenters. The number of hydrogen-bond donors (Lipinski definition) is 0. The Balaban J connectivity index is 1.45. The van der Waals surface area contributed by atoms with Crippen LogP contribution in [0.25, 0.3) is 0 Å². The van der Waals surface area contributed by atoms with E-state index < -0.39 is 0 Å². The molecule has 1 aromatic carbocycles. The summed E-state index contributed by atoms with van der Waals surface area (Å²) in [6.45, 7) is 5.26. The number of rotatable bonds is 10. The van der Waals surface area contributed by atoms with E-state index in [9.17, 15) is 0 Å². The van der Waals surface area contributed by atoms with Crippen molar-refractivity contribution in [2.75, 3.05) is 6.61 Å². The van der Waals surface area contributed by atoms with E-state index in [-0.39, 0.29) is 0 Å². The third-order valence-corrected chi connectivity index (χ3v) is 6.39. The largest absolute Gasteiger partial charge is 0.490 e. The molecule has 1 aromatic heterocycles. The highest BCUT2D eigenvalue weighted by Crippen LogP contribution is 2.37. The van der Waals surface area contributed by atoms with E-state index in [1.807, 2.05) is 0 Å². The number of unbranched alkanes of at least 4 members (excludes halogenated alkanes) is 4. The molecule has 1 aliphatic rings. The maximum absolute atomic E-state index is 5.72. The van der Waals surface area contributed by atoms with Crippen molar-refractivity contribution in [3.05, 3.63) is 53.6 Å². The zero-order chi connectivity index (χ0) is 21.7. The van der Waals surface area contributed by atoms with Gasteiger partial charge >= 0.3 is 0 Å². The first kappa shape index (κ1) is 23.3. The van der Waals surface area contributed by atoms with Crippen molar-refractivity contribution in [3.8, 4) is 17.6 Å². The van der Waals surface area contributed by atoms with Crippen molar-refractivity contribution in [2.45, 2.75) is 90.4 Å². The van der Waals surface area contributed by atoms with Crippen LogP contribution in [-0.4, -0.2) is 16.6 Å². The van der Waals surface area contributed by atoms with Gasteiger partial charge in [-0.05, 0) is 67.6 Å². The van der Waals surface area contributed by atoms with E-state index in [0.29, 0.717) is 5.82 Å². The van der Waals surface area contributed by atoms with E-state index in [2.05, 4.69) is 59.9 Å². The minimum Gasteiger partial charge on any atom is -0.490 e. The molecule has 166 valence electrons. The molecule has 3 heteroatoms. The van der Waals surface area contributed by atoms with Crippen molar-refractivity contribution in [1.29, 1.82) is 0 Å². The fraction of sp³-hybridized carbons (Fsp3) is 0.571. The molecule has 0 radical (unpaired) electrons. The molecule has 0 unspecified atom stereocenters. The molecule has 0 saturated heterocycles. The van der Waals surface area contributed by atoms with Crippen LogP contribution >= 0.6 is 0 Å². The standard InChI is InChI=1S/C28H38N2O/c1-3-5-6-7-8-20-31-27-21-29-28(30-22-27)19-14-24-12-17-26(18-13-24)25-15-10-23(9-4-2)11-16-25/h12-13,17-18,21-23,25H,3-11,15-16,20H2,1-2H3. The molecule has 1 heterocycles. The maximum Gasteiger partial charge on any atom is 0.205 e. The summed E-state index contributed by atoms with van der Waals surface area (Å²) in [6.07, 6.45) is 17.7. The minimum atomic E-state index is 0.536.